The summed E-state index contributed by atoms with van der Waals surface area (Å²) in [5.74, 6) is 6.64. The van der Waals surface area contributed by atoms with E-state index < -0.39 is 14.4 Å². The van der Waals surface area contributed by atoms with Gasteiger partial charge in [-0.1, -0.05) is 112 Å². The Kier molecular flexibility index (Phi) is 11.4. The summed E-state index contributed by atoms with van der Waals surface area (Å²) in [7, 11) is -0.960. The van der Waals surface area contributed by atoms with E-state index >= 15 is 0 Å². The van der Waals surface area contributed by atoms with Crippen molar-refractivity contribution in [3.05, 3.63) is 84.5 Å². The maximum Gasteiger partial charge on any atom is 0.261 e. The Morgan fingerprint density at radius 1 is 1.08 bits per heavy atom. The zero-order valence-corrected chi connectivity index (χ0v) is 25.6. The van der Waals surface area contributed by atoms with E-state index in [0.29, 0.717) is 19.4 Å². The zero-order chi connectivity index (χ0) is 28.5. The first-order valence-electron chi connectivity index (χ1n) is 14.0. The standard InChI is InChI=1S/C34H46O4Si/c1-26(2)31-22-21-27(3)33(37-25-36-7)32(31)24-28(35)16-14-15-23-38-39(34(4,5)6,29-17-10-8-11-18-29)30-19-12-9-13-20-30/h8-13,17-21,28,31-33,35H,1,15,22-25H2,2-7H3/t28?,31-,32-,33-/m0/s1. The molecular formula is C34H46O4Si. The second-order valence-corrected chi connectivity index (χ2v) is 15.9. The monoisotopic (exact) mass is 546 g/mol. The maximum absolute atomic E-state index is 10.9. The molecule has 0 spiro atoms. The number of rotatable bonds is 11. The summed E-state index contributed by atoms with van der Waals surface area (Å²) in [5.41, 5.74) is 2.28. The maximum atomic E-state index is 10.9. The molecular weight excluding hydrogens is 500 g/mol. The molecule has 5 heteroatoms. The van der Waals surface area contributed by atoms with Gasteiger partial charge in [0.1, 0.15) is 12.9 Å². The van der Waals surface area contributed by atoms with Crippen molar-refractivity contribution in [2.75, 3.05) is 20.5 Å². The van der Waals surface area contributed by atoms with Crippen LogP contribution < -0.4 is 10.4 Å². The Balaban J connectivity index is 1.74. The molecule has 2 aromatic carbocycles. The third-order valence-corrected chi connectivity index (χ3v) is 12.8. The molecule has 0 aliphatic heterocycles. The fraction of sp³-hybridized carbons (Fsp3) is 0.471. The molecule has 3 rings (SSSR count). The van der Waals surface area contributed by atoms with Crippen LogP contribution in [0.3, 0.4) is 0 Å². The molecule has 1 aliphatic carbocycles. The third kappa shape index (κ3) is 7.60. The Labute approximate surface area is 237 Å². The molecule has 0 aromatic heterocycles. The number of allylic oxidation sites excluding steroid dienone is 2. The lowest BCUT2D eigenvalue weighted by molar-refractivity contribution is -0.0901. The minimum absolute atomic E-state index is 0.0796. The largest absolute Gasteiger partial charge is 0.406 e. The number of aliphatic hydroxyl groups is 1. The van der Waals surface area contributed by atoms with E-state index in [9.17, 15) is 5.11 Å². The quantitative estimate of drug-likeness (QED) is 0.126. The van der Waals surface area contributed by atoms with E-state index in [4.69, 9.17) is 13.9 Å². The summed E-state index contributed by atoms with van der Waals surface area (Å²) in [5, 5.41) is 13.4. The van der Waals surface area contributed by atoms with Gasteiger partial charge in [-0.3, -0.25) is 0 Å². The van der Waals surface area contributed by atoms with Crippen LogP contribution in [0.5, 0.6) is 0 Å². The molecule has 0 saturated carbocycles. The van der Waals surface area contributed by atoms with Gasteiger partial charge in [0.2, 0.25) is 0 Å². The zero-order valence-electron chi connectivity index (χ0n) is 24.6. The van der Waals surface area contributed by atoms with Gasteiger partial charge in [-0.05, 0) is 59.5 Å². The van der Waals surface area contributed by atoms with Gasteiger partial charge in [-0.2, -0.15) is 0 Å². The normalized spacial score (nSPS) is 20.5. The molecule has 1 N–H and O–H groups in total. The average molecular weight is 547 g/mol. The average Bonchev–Trinajstić information content (AvgIpc) is 2.90. The molecule has 2 aromatic rings. The number of methoxy groups -OCH3 is 1. The minimum atomic E-state index is -2.59. The highest BCUT2D eigenvalue weighted by atomic mass is 28.4. The number of hydrogen-bond donors (Lipinski definition) is 1. The summed E-state index contributed by atoms with van der Waals surface area (Å²) in [6, 6.07) is 21.3. The van der Waals surface area contributed by atoms with Crippen LogP contribution in [-0.2, 0) is 13.9 Å². The van der Waals surface area contributed by atoms with E-state index in [1.54, 1.807) is 7.11 Å². The van der Waals surface area contributed by atoms with Crippen molar-refractivity contribution in [2.24, 2.45) is 11.8 Å². The first-order valence-corrected chi connectivity index (χ1v) is 15.9. The molecule has 4 nitrogen and oxygen atoms in total. The highest BCUT2D eigenvalue weighted by Gasteiger charge is 2.50. The number of ether oxygens (including phenoxy) is 2. The van der Waals surface area contributed by atoms with Gasteiger partial charge >= 0.3 is 0 Å². The van der Waals surface area contributed by atoms with Gasteiger partial charge < -0.3 is 19.0 Å². The summed E-state index contributed by atoms with van der Waals surface area (Å²) < 4.78 is 18.1. The van der Waals surface area contributed by atoms with E-state index in [2.05, 4.69) is 120 Å². The van der Waals surface area contributed by atoms with Crippen LogP contribution in [0, 0.1) is 23.7 Å². The first kappa shape index (κ1) is 31.1. The van der Waals surface area contributed by atoms with Crippen molar-refractivity contribution in [1.82, 2.24) is 0 Å². The molecule has 1 unspecified atom stereocenters. The molecule has 0 fully saturated rings. The molecule has 1 aliphatic rings. The predicted octanol–water partition coefficient (Wildman–Crippen LogP) is 5.86. The van der Waals surface area contributed by atoms with Gasteiger partial charge in [0.15, 0.2) is 0 Å². The minimum Gasteiger partial charge on any atom is -0.406 e. The van der Waals surface area contributed by atoms with Gasteiger partial charge in [-0.15, -0.1) is 0 Å². The van der Waals surface area contributed by atoms with Crippen molar-refractivity contribution >= 4 is 18.7 Å². The van der Waals surface area contributed by atoms with Crippen molar-refractivity contribution in [3.63, 3.8) is 0 Å². The molecule has 0 heterocycles. The molecule has 4 atom stereocenters. The topological polar surface area (TPSA) is 47.9 Å². The van der Waals surface area contributed by atoms with E-state index in [1.165, 1.54) is 15.9 Å². The molecule has 39 heavy (non-hydrogen) atoms. The molecule has 210 valence electrons. The Morgan fingerprint density at radius 3 is 2.18 bits per heavy atom. The van der Waals surface area contributed by atoms with Crippen molar-refractivity contribution in [2.45, 2.75) is 71.1 Å². The number of hydrogen-bond acceptors (Lipinski definition) is 4. The molecule has 0 bridgehead atoms. The van der Waals surface area contributed by atoms with E-state index in [1.807, 2.05) is 0 Å². The summed E-state index contributed by atoms with van der Waals surface area (Å²) >= 11 is 0. The van der Waals surface area contributed by atoms with Crippen LogP contribution in [0.25, 0.3) is 0 Å². The van der Waals surface area contributed by atoms with Gasteiger partial charge in [0, 0.05) is 20.1 Å². The Hall–Kier alpha value is -2.46. The van der Waals surface area contributed by atoms with Gasteiger partial charge in [-0.25, -0.2) is 0 Å². The SMILES string of the molecule is C=C(C)[C@@H]1CC=C(C)[C@H](OCOC)[C@H]1CC(O)C#CCCO[Si](c1ccccc1)(c1ccccc1)C(C)(C)C. The lowest BCUT2D eigenvalue weighted by Crippen LogP contribution is -2.66. The Morgan fingerprint density at radius 2 is 1.67 bits per heavy atom. The van der Waals surface area contributed by atoms with Crippen molar-refractivity contribution < 1.29 is 19.0 Å². The van der Waals surface area contributed by atoms with Crippen LogP contribution in [0.4, 0.5) is 0 Å². The van der Waals surface area contributed by atoms with Gasteiger partial charge in [0.05, 0.1) is 6.10 Å². The predicted molar refractivity (Wildman–Crippen MR) is 164 cm³/mol. The van der Waals surface area contributed by atoms with Gasteiger partial charge in [0.25, 0.3) is 8.32 Å². The second-order valence-electron chi connectivity index (χ2n) is 11.6. The van der Waals surface area contributed by atoms with Crippen LogP contribution >= 0.6 is 0 Å². The highest BCUT2D eigenvalue weighted by molar-refractivity contribution is 6.99. The fourth-order valence-electron chi connectivity index (χ4n) is 5.93. The van der Waals surface area contributed by atoms with E-state index in [0.717, 1.165) is 12.0 Å². The Bertz CT molecular complexity index is 1100. The third-order valence-electron chi connectivity index (χ3n) is 7.77. The summed E-state index contributed by atoms with van der Waals surface area (Å²) in [6.45, 7) is 15.9. The van der Waals surface area contributed by atoms with Crippen molar-refractivity contribution in [1.29, 1.82) is 0 Å². The lowest BCUT2D eigenvalue weighted by atomic mass is 9.72. The molecule has 0 saturated heterocycles. The lowest BCUT2D eigenvalue weighted by Gasteiger charge is -2.43. The molecule has 0 radical (unpaired) electrons. The van der Waals surface area contributed by atoms with Crippen LogP contribution in [0.15, 0.2) is 84.5 Å². The number of benzene rings is 2. The van der Waals surface area contributed by atoms with Crippen LogP contribution in [0.2, 0.25) is 5.04 Å². The molecule has 0 amide bonds. The van der Waals surface area contributed by atoms with E-state index in [-0.39, 0.29) is 29.8 Å². The smallest absolute Gasteiger partial charge is 0.261 e. The summed E-state index contributed by atoms with van der Waals surface area (Å²) in [4.78, 5) is 0. The summed E-state index contributed by atoms with van der Waals surface area (Å²) in [6.07, 6.45) is 3.35. The second kappa shape index (κ2) is 14.3. The van der Waals surface area contributed by atoms with Crippen LogP contribution in [-0.4, -0.2) is 46.1 Å². The highest BCUT2D eigenvalue weighted by Crippen LogP contribution is 2.39. The van der Waals surface area contributed by atoms with Crippen molar-refractivity contribution in [3.8, 4) is 11.8 Å². The number of aliphatic hydroxyl groups excluding tert-OH is 1. The fourth-order valence-corrected chi connectivity index (χ4v) is 10.5. The first-order chi connectivity index (χ1) is 18.6. The van der Waals surface area contributed by atoms with Crippen LogP contribution in [0.1, 0.15) is 53.9 Å².